The topological polar surface area (TPSA) is 50.6 Å². The summed E-state index contributed by atoms with van der Waals surface area (Å²) < 4.78 is 61.7. The van der Waals surface area contributed by atoms with Crippen LogP contribution < -0.4 is 4.74 Å². The lowest BCUT2D eigenvalue weighted by atomic mass is 10.2. The average molecular weight is 476 g/mol. The van der Waals surface area contributed by atoms with Crippen LogP contribution in [0.3, 0.4) is 0 Å². The van der Waals surface area contributed by atoms with Crippen molar-refractivity contribution in [1.29, 1.82) is 0 Å². The van der Waals surface area contributed by atoms with Gasteiger partial charge in [-0.05, 0) is 36.2 Å². The first-order valence-electron chi connectivity index (χ1n) is 10.8. The number of methoxy groups -OCH3 is 1. The maximum Gasteiger partial charge on any atom is 0.434 e. The van der Waals surface area contributed by atoms with Gasteiger partial charge in [0, 0.05) is 32.7 Å². The Kier molecular flexibility index (Phi) is 6.87. The number of carbonyl (C=O) groups excluding carboxylic acids is 1. The van der Waals surface area contributed by atoms with Gasteiger partial charge in [-0.3, -0.25) is 9.69 Å². The highest BCUT2D eigenvalue weighted by atomic mass is 19.4. The molecule has 3 aromatic rings. The maximum atomic E-state index is 14.2. The van der Waals surface area contributed by atoms with Crippen LogP contribution in [-0.4, -0.2) is 58.8 Å². The Morgan fingerprint density at radius 3 is 2.44 bits per heavy atom. The van der Waals surface area contributed by atoms with Crippen LogP contribution in [0.1, 0.15) is 28.0 Å². The third kappa shape index (κ3) is 5.06. The fourth-order valence-electron chi connectivity index (χ4n) is 4.08. The van der Waals surface area contributed by atoms with Gasteiger partial charge in [0.15, 0.2) is 5.69 Å². The Morgan fingerprint density at radius 1 is 1.03 bits per heavy atom. The van der Waals surface area contributed by atoms with E-state index >= 15 is 0 Å². The molecule has 0 unspecified atom stereocenters. The summed E-state index contributed by atoms with van der Waals surface area (Å²) in [5.41, 5.74) is -1.15. The Hall–Kier alpha value is -3.40. The van der Waals surface area contributed by atoms with Gasteiger partial charge in [0.1, 0.15) is 17.3 Å². The summed E-state index contributed by atoms with van der Waals surface area (Å²) in [6.07, 6.45) is -3.40. The predicted molar refractivity (Wildman–Crippen MR) is 117 cm³/mol. The van der Waals surface area contributed by atoms with Crippen molar-refractivity contribution in [3.05, 3.63) is 77.4 Å². The van der Waals surface area contributed by atoms with E-state index in [0.29, 0.717) is 37.3 Å². The van der Waals surface area contributed by atoms with Crippen molar-refractivity contribution < 1.29 is 27.1 Å². The zero-order valence-electron chi connectivity index (χ0n) is 18.6. The van der Waals surface area contributed by atoms with Crippen molar-refractivity contribution >= 4 is 5.91 Å². The van der Waals surface area contributed by atoms with Crippen LogP contribution in [0.4, 0.5) is 17.6 Å². The Morgan fingerprint density at radius 2 is 1.76 bits per heavy atom. The molecule has 0 radical (unpaired) electrons. The van der Waals surface area contributed by atoms with E-state index in [-0.39, 0.29) is 12.2 Å². The first-order valence-corrected chi connectivity index (χ1v) is 10.8. The molecule has 1 aliphatic heterocycles. The molecule has 0 saturated carbocycles. The summed E-state index contributed by atoms with van der Waals surface area (Å²) in [6.45, 7) is 2.47. The van der Waals surface area contributed by atoms with Gasteiger partial charge in [-0.1, -0.05) is 24.3 Å². The molecule has 2 aromatic carbocycles. The predicted octanol–water partition coefficient (Wildman–Crippen LogP) is 4.39. The number of carbonyl (C=O) groups is 1. The zero-order valence-corrected chi connectivity index (χ0v) is 18.6. The first kappa shape index (κ1) is 23.7. The molecule has 2 heterocycles. The highest BCUT2D eigenvalue weighted by Crippen LogP contribution is 2.34. The van der Waals surface area contributed by atoms with E-state index in [1.54, 1.807) is 7.11 Å². The van der Waals surface area contributed by atoms with Crippen LogP contribution in [0.25, 0.3) is 5.69 Å². The minimum Gasteiger partial charge on any atom is -0.497 e. The molecular formula is C24H24F4N4O2. The lowest BCUT2D eigenvalue weighted by Gasteiger charge is -2.22. The number of benzene rings is 2. The monoisotopic (exact) mass is 476 g/mol. The van der Waals surface area contributed by atoms with E-state index in [0.717, 1.165) is 23.6 Å². The molecule has 6 nitrogen and oxygen atoms in total. The standard InChI is InChI=1S/C24H24F4N4O2/c1-34-18-9-7-17(8-10-18)16-30-11-4-12-31(14-13-30)23(33)19-15-29-32(22(19)24(26,27)28)21-6-3-2-5-20(21)25/h2-3,5-10,15H,4,11-14,16H2,1H3. The lowest BCUT2D eigenvalue weighted by Crippen LogP contribution is -2.36. The van der Waals surface area contributed by atoms with Crippen LogP contribution in [-0.2, 0) is 12.7 Å². The average Bonchev–Trinajstić information content (AvgIpc) is 3.14. The Labute approximate surface area is 194 Å². The second kappa shape index (κ2) is 9.84. The van der Waals surface area contributed by atoms with Gasteiger partial charge in [0.2, 0.25) is 0 Å². The van der Waals surface area contributed by atoms with E-state index in [2.05, 4.69) is 10.00 Å². The van der Waals surface area contributed by atoms with Gasteiger partial charge < -0.3 is 9.64 Å². The van der Waals surface area contributed by atoms with Gasteiger partial charge >= 0.3 is 6.18 Å². The number of para-hydroxylation sites is 1. The maximum absolute atomic E-state index is 14.2. The van der Waals surface area contributed by atoms with Gasteiger partial charge in [-0.25, -0.2) is 9.07 Å². The van der Waals surface area contributed by atoms with Crippen molar-refractivity contribution in [3.63, 3.8) is 0 Å². The smallest absolute Gasteiger partial charge is 0.434 e. The largest absolute Gasteiger partial charge is 0.497 e. The summed E-state index contributed by atoms with van der Waals surface area (Å²) in [7, 11) is 1.60. The highest BCUT2D eigenvalue weighted by Gasteiger charge is 2.42. The van der Waals surface area contributed by atoms with Crippen LogP contribution in [0.2, 0.25) is 0 Å². The minimum absolute atomic E-state index is 0.275. The molecule has 180 valence electrons. The SMILES string of the molecule is COc1ccc(CN2CCCN(C(=O)c3cnn(-c4ccccc4F)c3C(F)(F)F)CC2)cc1. The highest BCUT2D eigenvalue weighted by molar-refractivity contribution is 5.95. The number of nitrogens with zero attached hydrogens (tertiary/aromatic N) is 4. The van der Waals surface area contributed by atoms with Crippen LogP contribution in [0.15, 0.2) is 54.7 Å². The summed E-state index contributed by atoms with van der Waals surface area (Å²) in [5, 5.41) is 3.73. The number of alkyl halides is 3. The molecule has 1 fully saturated rings. The van der Waals surface area contributed by atoms with E-state index in [4.69, 9.17) is 4.74 Å². The minimum atomic E-state index is -4.89. The fourth-order valence-corrected chi connectivity index (χ4v) is 4.08. The number of ether oxygens (including phenoxy) is 1. The van der Waals surface area contributed by atoms with E-state index in [1.807, 2.05) is 24.3 Å². The number of hydrogen-bond donors (Lipinski definition) is 0. The normalized spacial score (nSPS) is 15.3. The molecule has 0 bridgehead atoms. The number of halogens is 4. The summed E-state index contributed by atoms with van der Waals surface area (Å²) in [5.74, 6) is -0.868. The third-order valence-electron chi connectivity index (χ3n) is 5.79. The second-order valence-electron chi connectivity index (χ2n) is 8.04. The van der Waals surface area contributed by atoms with Crippen molar-refractivity contribution in [2.45, 2.75) is 19.1 Å². The molecule has 10 heteroatoms. The quantitative estimate of drug-likeness (QED) is 0.513. The molecule has 0 aliphatic carbocycles. The molecule has 0 N–H and O–H groups in total. The van der Waals surface area contributed by atoms with E-state index in [9.17, 15) is 22.4 Å². The van der Waals surface area contributed by atoms with E-state index in [1.165, 1.54) is 23.1 Å². The number of hydrogen-bond acceptors (Lipinski definition) is 4. The molecule has 0 spiro atoms. The van der Waals surface area contributed by atoms with Crippen molar-refractivity contribution in [3.8, 4) is 11.4 Å². The summed E-state index contributed by atoms with van der Waals surface area (Å²) in [4.78, 5) is 16.7. The van der Waals surface area contributed by atoms with Gasteiger partial charge in [-0.2, -0.15) is 18.3 Å². The second-order valence-corrected chi connectivity index (χ2v) is 8.04. The summed E-state index contributed by atoms with van der Waals surface area (Å²) >= 11 is 0. The lowest BCUT2D eigenvalue weighted by molar-refractivity contribution is -0.143. The molecule has 34 heavy (non-hydrogen) atoms. The number of aromatic nitrogens is 2. The first-order chi connectivity index (χ1) is 16.3. The zero-order chi connectivity index (χ0) is 24.3. The van der Waals surface area contributed by atoms with Crippen LogP contribution in [0, 0.1) is 5.82 Å². The van der Waals surface area contributed by atoms with Crippen molar-refractivity contribution in [2.24, 2.45) is 0 Å². The number of rotatable bonds is 5. The molecule has 1 amide bonds. The number of amides is 1. The molecule has 4 rings (SSSR count). The van der Waals surface area contributed by atoms with Gasteiger partial charge in [0.25, 0.3) is 5.91 Å². The molecule has 1 aromatic heterocycles. The Balaban J connectivity index is 1.52. The van der Waals surface area contributed by atoms with Crippen molar-refractivity contribution in [1.82, 2.24) is 19.6 Å². The fraction of sp³-hybridized carbons (Fsp3) is 0.333. The van der Waals surface area contributed by atoms with Crippen LogP contribution in [0.5, 0.6) is 5.75 Å². The molecule has 1 saturated heterocycles. The van der Waals surface area contributed by atoms with E-state index < -0.39 is 29.2 Å². The van der Waals surface area contributed by atoms with Crippen molar-refractivity contribution in [2.75, 3.05) is 33.3 Å². The Bertz CT molecular complexity index is 1140. The molecular weight excluding hydrogens is 452 g/mol. The summed E-state index contributed by atoms with van der Waals surface area (Å²) in [6, 6.07) is 12.7. The van der Waals surface area contributed by atoms with Gasteiger partial charge in [0.05, 0.1) is 18.9 Å². The molecule has 0 atom stereocenters. The third-order valence-corrected chi connectivity index (χ3v) is 5.79. The molecule has 1 aliphatic rings. The van der Waals surface area contributed by atoms with Crippen LogP contribution >= 0.6 is 0 Å². The van der Waals surface area contributed by atoms with Gasteiger partial charge in [-0.15, -0.1) is 0 Å².